The van der Waals surface area contributed by atoms with Gasteiger partial charge in [0.25, 0.3) is 0 Å². The minimum atomic E-state index is 0.599. The van der Waals surface area contributed by atoms with Crippen molar-refractivity contribution in [3.8, 4) is 11.1 Å². The molecule has 4 heteroatoms. The van der Waals surface area contributed by atoms with E-state index in [2.05, 4.69) is 64.1 Å². The van der Waals surface area contributed by atoms with Crippen LogP contribution < -0.4 is 0 Å². The van der Waals surface area contributed by atoms with Crippen molar-refractivity contribution in [1.29, 1.82) is 0 Å². The number of benzene rings is 2. The van der Waals surface area contributed by atoms with E-state index >= 15 is 0 Å². The van der Waals surface area contributed by atoms with Crippen LogP contribution in [0.4, 0.5) is 0 Å². The molecule has 178 valence electrons. The third-order valence-corrected chi connectivity index (χ3v) is 5.08. The van der Waals surface area contributed by atoms with Crippen molar-refractivity contribution in [2.75, 3.05) is 26.4 Å². The fourth-order valence-electron chi connectivity index (χ4n) is 3.56. The molecule has 0 atom stereocenters. The Kier molecular flexibility index (Phi) is 13.2. The lowest BCUT2D eigenvalue weighted by molar-refractivity contribution is 0.117. The summed E-state index contributed by atoms with van der Waals surface area (Å²) < 4.78 is 23.4. The molecule has 0 saturated carbocycles. The molecule has 2 aromatic carbocycles. The van der Waals surface area contributed by atoms with Crippen LogP contribution in [0.5, 0.6) is 0 Å². The summed E-state index contributed by atoms with van der Waals surface area (Å²) in [6.45, 7) is 14.1. The molecule has 0 aliphatic rings. The predicted octanol–water partition coefficient (Wildman–Crippen LogP) is 7.06. The van der Waals surface area contributed by atoms with Gasteiger partial charge in [-0.05, 0) is 59.1 Å². The first kappa shape index (κ1) is 26.5. The highest BCUT2D eigenvalue weighted by Crippen LogP contribution is 2.31. The Morgan fingerprint density at radius 2 is 0.812 bits per heavy atom. The van der Waals surface area contributed by atoms with Crippen molar-refractivity contribution in [3.05, 3.63) is 58.7 Å². The Balaban J connectivity index is 2.35. The molecule has 0 radical (unpaired) electrons. The van der Waals surface area contributed by atoms with Gasteiger partial charge in [0.1, 0.15) is 0 Å². The second-order valence-electron chi connectivity index (χ2n) is 8.19. The van der Waals surface area contributed by atoms with E-state index in [9.17, 15) is 0 Å². The summed E-state index contributed by atoms with van der Waals surface area (Å²) in [5.74, 6) is 0. The van der Waals surface area contributed by atoms with Crippen LogP contribution >= 0.6 is 0 Å². The normalized spacial score (nSPS) is 11.2. The minimum absolute atomic E-state index is 0.599. The molecule has 0 N–H and O–H groups in total. The summed E-state index contributed by atoms with van der Waals surface area (Å²) in [6.07, 6.45) is 4.08. The van der Waals surface area contributed by atoms with Crippen LogP contribution in [-0.4, -0.2) is 26.4 Å². The predicted molar refractivity (Wildman–Crippen MR) is 132 cm³/mol. The van der Waals surface area contributed by atoms with Gasteiger partial charge >= 0.3 is 0 Å². The molecular weight excluding hydrogens is 400 g/mol. The highest BCUT2D eigenvalue weighted by Gasteiger charge is 2.13. The van der Waals surface area contributed by atoms with Gasteiger partial charge in [0.2, 0.25) is 0 Å². The van der Waals surface area contributed by atoms with E-state index < -0.39 is 0 Å². The topological polar surface area (TPSA) is 36.9 Å². The highest BCUT2D eigenvalue weighted by atomic mass is 16.5. The highest BCUT2D eigenvalue weighted by molar-refractivity contribution is 5.71. The molecule has 0 saturated heterocycles. The van der Waals surface area contributed by atoms with E-state index in [1.165, 1.54) is 33.4 Å². The largest absolute Gasteiger partial charge is 0.377 e. The standard InChI is InChI=1S/C28H42O4/c1-5-13-29-19-23-9-11-27(25(17-23)21-31-15-7-3)28-12-10-24(20-30-14-6-2)18-26(28)22-32-16-8-4/h9-12,17-18H,5-8,13-16,19-22H2,1-4H3. The van der Waals surface area contributed by atoms with Crippen LogP contribution in [0.25, 0.3) is 11.1 Å². The van der Waals surface area contributed by atoms with Crippen molar-refractivity contribution in [2.45, 2.75) is 79.8 Å². The molecular formula is C28H42O4. The molecule has 0 heterocycles. The Morgan fingerprint density at radius 3 is 1.16 bits per heavy atom. The van der Waals surface area contributed by atoms with Gasteiger partial charge in [-0.2, -0.15) is 0 Å². The maximum atomic E-state index is 5.95. The van der Waals surface area contributed by atoms with E-state index in [0.29, 0.717) is 26.4 Å². The van der Waals surface area contributed by atoms with Crippen LogP contribution in [0.2, 0.25) is 0 Å². The van der Waals surface area contributed by atoms with E-state index in [-0.39, 0.29) is 0 Å². The maximum absolute atomic E-state index is 5.95. The molecule has 32 heavy (non-hydrogen) atoms. The van der Waals surface area contributed by atoms with Crippen LogP contribution in [0.15, 0.2) is 36.4 Å². The third-order valence-electron chi connectivity index (χ3n) is 5.08. The molecule has 2 aromatic rings. The zero-order valence-electron chi connectivity index (χ0n) is 20.6. The van der Waals surface area contributed by atoms with Crippen LogP contribution in [0.3, 0.4) is 0 Å². The van der Waals surface area contributed by atoms with Crippen molar-refractivity contribution >= 4 is 0 Å². The maximum Gasteiger partial charge on any atom is 0.0722 e. The summed E-state index contributed by atoms with van der Waals surface area (Å²) in [5.41, 5.74) is 7.18. The van der Waals surface area contributed by atoms with Crippen molar-refractivity contribution in [3.63, 3.8) is 0 Å². The molecule has 4 nitrogen and oxygen atoms in total. The zero-order chi connectivity index (χ0) is 23.0. The fourth-order valence-corrected chi connectivity index (χ4v) is 3.56. The number of rotatable bonds is 17. The second kappa shape index (κ2) is 16.0. The lowest BCUT2D eigenvalue weighted by Crippen LogP contribution is -2.03. The van der Waals surface area contributed by atoms with Gasteiger partial charge in [0.15, 0.2) is 0 Å². The lowest BCUT2D eigenvalue weighted by atomic mass is 9.93. The first-order valence-corrected chi connectivity index (χ1v) is 12.3. The SMILES string of the molecule is CCCOCc1ccc(-c2ccc(COCCC)cc2COCCC)c(COCCC)c1. The molecule has 2 rings (SSSR count). The van der Waals surface area contributed by atoms with Crippen LogP contribution in [-0.2, 0) is 45.4 Å². The molecule has 0 aromatic heterocycles. The van der Waals surface area contributed by atoms with E-state index in [1.807, 2.05) is 0 Å². The molecule has 0 amide bonds. The van der Waals surface area contributed by atoms with E-state index in [1.54, 1.807) is 0 Å². The Morgan fingerprint density at radius 1 is 0.469 bits per heavy atom. The minimum Gasteiger partial charge on any atom is -0.377 e. The number of hydrogen-bond acceptors (Lipinski definition) is 4. The van der Waals surface area contributed by atoms with E-state index in [0.717, 1.165) is 52.1 Å². The van der Waals surface area contributed by atoms with Crippen LogP contribution in [0.1, 0.15) is 75.6 Å². The van der Waals surface area contributed by atoms with Gasteiger partial charge in [0, 0.05) is 26.4 Å². The van der Waals surface area contributed by atoms with Gasteiger partial charge in [-0.25, -0.2) is 0 Å². The number of ether oxygens (including phenoxy) is 4. The monoisotopic (exact) mass is 442 g/mol. The molecule has 0 fully saturated rings. The summed E-state index contributed by atoms with van der Waals surface area (Å²) in [5, 5.41) is 0. The van der Waals surface area contributed by atoms with Crippen molar-refractivity contribution in [1.82, 2.24) is 0 Å². The smallest absolute Gasteiger partial charge is 0.0722 e. The summed E-state index contributed by atoms with van der Waals surface area (Å²) in [6, 6.07) is 13.2. The van der Waals surface area contributed by atoms with Gasteiger partial charge in [-0.15, -0.1) is 0 Å². The second-order valence-corrected chi connectivity index (χ2v) is 8.19. The average molecular weight is 443 g/mol. The van der Waals surface area contributed by atoms with E-state index in [4.69, 9.17) is 18.9 Å². The number of hydrogen-bond donors (Lipinski definition) is 0. The van der Waals surface area contributed by atoms with Gasteiger partial charge in [-0.3, -0.25) is 0 Å². The fraction of sp³-hybridized carbons (Fsp3) is 0.571. The summed E-state index contributed by atoms with van der Waals surface area (Å²) in [7, 11) is 0. The third kappa shape index (κ3) is 9.03. The summed E-state index contributed by atoms with van der Waals surface area (Å²) >= 11 is 0. The zero-order valence-corrected chi connectivity index (χ0v) is 20.6. The molecule has 0 aliphatic carbocycles. The molecule has 0 bridgehead atoms. The van der Waals surface area contributed by atoms with Gasteiger partial charge in [0.05, 0.1) is 26.4 Å². The lowest BCUT2D eigenvalue weighted by Gasteiger charge is -2.17. The molecule has 0 unspecified atom stereocenters. The van der Waals surface area contributed by atoms with Gasteiger partial charge < -0.3 is 18.9 Å². The van der Waals surface area contributed by atoms with Crippen molar-refractivity contribution < 1.29 is 18.9 Å². The Hall–Kier alpha value is -1.72. The first-order valence-electron chi connectivity index (χ1n) is 12.3. The quantitative estimate of drug-likeness (QED) is 0.246. The first-order chi connectivity index (χ1) is 15.7. The van der Waals surface area contributed by atoms with Crippen LogP contribution in [0, 0.1) is 0 Å². The Bertz CT molecular complexity index is 707. The van der Waals surface area contributed by atoms with Gasteiger partial charge in [-0.1, -0.05) is 64.1 Å². The molecule has 0 aliphatic heterocycles. The average Bonchev–Trinajstić information content (AvgIpc) is 2.80. The summed E-state index contributed by atoms with van der Waals surface area (Å²) in [4.78, 5) is 0. The van der Waals surface area contributed by atoms with Crippen molar-refractivity contribution in [2.24, 2.45) is 0 Å². The Labute approximate surface area is 195 Å². The molecule has 0 spiro atoms.